The third kappa shape index (κ3) is 3.84. The molecule has 0 aromatic heterocycles. The summed E-state index contributed by atoms with van der Waals surface area (Å²) in [4.78, 5) is 24.5. The second-order valence-corrected chi connectivity index (χ2v) is 7.12. The average molecular weight is 281 g/mol. The third-order valence-electron chi connectivity index (χ3n) is 3.65. The Morgan fingerprint density at radius 1 is 1.25 bits per heavy atom. The fourth-order valence-corrected chi connectivity index (χ4v) is 2.73. The molecule has 0 saturated carbocycles. The number of allylic oxidation sites excluding steroid dienone is 2. The normalized spacial score (nSPS) is 19.1. The molecule has 0 fully saturated rings. The number of hydrogen-bond donors (Lipinski definition) is 1. The number of ether oxygens (including phenoxy) is 1. The summed E-state index contributed by atoms with van der Waals surface area (Å²) in [5, 5.41) is 0. The van der Waals surface area contributed by atoms with Crippen molar-refractivity contribution in [2.75, 3.05) is 0 Å². The SMILES string of the molecule is CC(C)C[C@@H](C(N)=O)C1(C(=O)OC(C)(C)C)CC=CC1. The highest BCUT2D eigenvalue weighted by atomic mass is 16.6. The van der Waals surface area contributed by atoms with E-state index in [1.807, 2.05) is 46.8 Å². The molecular formula is C16H27NO3. The number of hydrogen-bond acceptors (Lipinski definition) is 3. The molecule has 0 bridgehead atoms. The Hall–Kier alpha value is -1.32. The fraction of sp³-hybridized carbons (Fsp3) is 0.750. The first-order valence-electron chi connectivity index (χ1n) is 7.26. The molecule has 1 aliphatic carbocycles. The summed E-state index contributed by atoms with van der Waals surface area (Å²) in [6.07, 6.45) is 5.56. The summed E-state index contributed by atoms with van der Waals surface area (Å²) in [5.74, 6) is -0.896. The Morgan fingerprint density at radius 3 is 2.10 bits per heavy atom. The molecule has 0 unspecified atom stereocenters. The van der Waals surface area contributed by atoms with Crippen molar-refractivity contribution in [3.63, 3.8) is 0 Å². The van der Waals surface area contributed by atoms with Crippen molar-refractivity contribution >= 4 is 11.9 Å². The van der Waals surface area contributed by atoms with E-state index in [1.54, 1.807) is 0 Å². The van der Waals surface area contributed by atoms with Crippen LogP contribution in [0.5, 0.6) is 0 Å². The zero-order chi connectivity index (χ0) is 15.6. The van der Waals surface area contributed by atoms with Crippen LogP contribution in [0.25, 0.3) is 0 Å². The van der Waals surface area contributed by atoms with Gasteiger partial charge in [0.25, 0.3) is 0 Å². The highest BCUT2D eigenvalue weighted by Gasteiger charge is 2.50. The van der Waals surface area contributed by atoms with Crippen molar-refractivity contribution in [2.45, 2.75) is 59.5 Å². The van der Waals surface area contributed by atoms with Crippen LogP contribution in [0.2, 0.25) is 0 Å². The molecule has 1 aliphatic rings. The summed E-state index contributed by atoms with van der Waals surface area (Å²) in [7, 11) is 0. The molecule has 0 aromatic rings. The van der Waals surface area contributed by atoms with E-state index in [2.05, 4.69) is 0 Å². The molecule has 4 nitrogen and oxygen atoms in total. The number of nitrogens with two attached hydrogens (primary N) is 1. The molecule has 0 spiro atoms. The summed E-state index contributed by atoms with van der Waals surface area (Å²) in [6, 6.07) is 0. The molecule has 1 amide bonds. The maximum atomic E-state index is 12.6. The minimum absolute atomic E-state index is 0.299. The Bertz CT molecular complexity index is 396. The minimum atomic E-state index is -0.816. The largest absolute Gasteiger partial charge is 0.460 e. The van der Waals surface area contributed by atoms with Crippen LogP contribution < -0.4 is 5.73 Å². The van der Waals surface area contributed by atoms with E-state index in [9.17, 15) is 9.59 Å². The summed E-state index contributed by atoms with van der Waals surface area (Å²) in [6.45, 7) is 9.57. The predicted molar refractivity (Wildman–Crippen MR) is 78.8 cm³/mol. The summed E-state index contributed by atoms with van der Waals surface area (Å²) in [5.41, 5.74) is 4.20. The molecule has 0 aromatic carbocycles. The van der Waals surface area contributed by atoms with Gasteiger partial charge in [0.05, 0.1) is 11.3 Å². The van der Waals surface area contributed by atoms with E-state index in [1.165, 1.54) is 0 Å². The molecule has 0 saturated heterocycles. The van der Waals surface area contributed by atoms with Crippen LogP contribution in [0.4, 0.5) is 0 Å². The van der Waals surface area contributed by atoms with Gasteiger partial charge in [-0.15, -0.1) is 0 Å². The van der Waals surface area contributed by atoms with E-state index in [4.69, 9.17) is 10.5 Å². The first-order chi connectivity index (χ1) is 9.08. The summed E-state index contributed by atoms with van der Waals surface area (Å²) < 4.78 is 5.55. The van der Waals surface area contributed by atoms with Crippen LogP contribution in [0, 0.1) is 17.3 Å². The zero-order valence-electron chi connectivity index (χ0n) is 13.2. The second kappa shape index (κ2) is 5.98. The Morgan fingerprint density at radius 2 is 1.75 bits per heavy atom. The van der Waals surface area contributed by atoms with Gasteiger partial charge in [0.1, 0.15) is 5.60 Å². The average Bonchev–Trinajstić information content (AvgIpc) is 2.72. The lowest BCUT2D eigenvalue weighted by Crippen LogP contribution is -2.47. The van der Waals surface area contributed by atoms with Crippen molar-refractivity contribution in [2.24, 2.45) is 23.0 Å². The summed E-state index contributed by atoms with van der Waals surface area (Å²) >= 11 is 0. The molecule has 4 heteroatoms. The maximum Gasteiger partial charge on any atom is 0.314 e. The van der Waals surface area contributed by atoms with Crippen molar-refractivity contribution in [1.29, 1.82) is 0 Å². The Balaban J connectivity index is 3.06. The first-order valence-corrected chi connectivity index (χ1v) is 7.26. The molecule has 0 heterocycles. The molecular weight excluding hydrogens is 254 g/mol. The topological polar surface area (TPSA) is 69.4 Å². The van der Waals surface area contributed by atoms with Crippen molar-refractivity contribution in [1.82, 2.24) is 0 Å². The van der Waals surface area contributed by atoms with E-state index < -0.39 is 22.8 Å². The third-order valence-corrected chi connectivity index (χ3v) is 3.65. The Kier molecular flexibility index (Phi) is 5.00. The van der Waals surface area contributed by atoms with Crippen molar-refractivity contribution in [3.05, 3.63) is 12.2 Å². The number of esters is 1. The smallest absolute Gasteiger partial charge is 0.314 e. The molecule has 1 atom stereocenters. The van der Waals surface area contributed by atoms with Crippen LogP contribution in [0.3, 0.4) is 0 Å². The van der Waals surface area contributed by atoms with Gasteiger partial charge in [-0.25, -0.2) is 0 Å². The van der Waals surface area contributed by atoms with Crippen molar-refractivity contribution < 1.29 is 14.3 Å². The minimum Gasteiger partial charge on any atom is -0.460 e. The second-order valence-electron chi connectivity index (χ2n) is 7.12. The zero-order valence-corrected chi connectivity index (χ0v) is 13.2. The van der Waals surface area contributed by atoms with E-state index in [0.29, 0.717) is 25.2 Å². The number of primary amides is 1. The molecule has 0 radical (unpaired) electrons. The predicted octanol–water partition coefficient (Wildman–Crippen LogP) is 2.81. The van der Waals surface area contributed by atoms with E-state index >= 15 is 0 Å². The quantitative estimate of drug-likeness (QED) is 0.622. The molecule has 114 valence electrons. The molecule has 1 rings (SSSR count). The van der Waals surface area contributed by atoms with E-state index in [-0.39, 0.29) is 5.97 Å². The first kappa shape index (κ1) is 16.7. The van der Waals surface area contributed by atoms with Gasteiger partial charge < -0.3 is 10.5 Å². The monoisotopic (exact) mass is 281 g/mol. The van der Waals surface area contributed by atoms with Gasteiger partial charge >= 0.3 is 5.97 Å². The lowest BCUT2D eigenvalue weighted by molar-refractivity contribution is -0.173. The van der Waals surface area contributed by atoms with Gasteiger partial charge in [-0.1, -0.05) is 26.0 Å². The van der Waals surface area contributed by atoms with Crippen LogP contribution in [-0.2, 0) is 14.3 Å². The fourth-order valence-electron chi connectivity index (χ4n) is 2.73. The molecule has 20 heavy (non-hydrogen) atoms. The Labute approximate surface area is 121 Å². The number of rotatable bonds is 5. The lowest BCUT2D eigenvalue weighted by Gasteiger charge is -2.36. The van der Waals surface area contributed by atoms with Gasteiger partial charge in [0.2, 0.25) is 5.91 Å². The van der Waals surface area contributed by atoms with Gasteiger partial charge in [0.15, 0.2) is 0 Å². The number of amides is 1. The standard InChI is InChI=1S/C16H27NO3/c1-11(2)10-12(13(17)18)16(8-6-7-9-16)14(19)20-15(3,4)5/h6-7,11-12H,8-10H2,1-5H3,(H2,17,18)/t12-/m0/s1. The lowest BCUT2D eigenvalue weighted by atomic mass is 9.69. The van der Waals surface area contributed by atoms with Gasteiger partial charge in [-0.3, -0.25) is 9.59 Å². The number of carbonyl (C=O) groups excluding carboxylic acids is 2. The highest BCUT2D eigenvalue weighted by Crippen LogP contribution is 2.45. The van der Waals surface area contributed by atoms with E-state index in [0.717, 1.165) is 0 Å². The van der Waals surface area contributed by atoms with Crippen LogP contribution >= 0.6 is 0 Å². The highest BCUT2D eigenvalue weighted by molar-refractivity contribution is 5.88. The maximum absolute atomic E-state index is 12.6. The van der Waals surface area contributed by atoms with Crippen molar-refractivity contribution in [3.8, 4) is 0 Å². The molecule has 0 aliphatic heterocycles. The van der Waals surface area contributed by atoms with Crippen LogP contribution in [-0.4, -0.2) is 17.5 Å². The van der Waals surface area contributed by atoms with Crippen LogP contribution in [0.1, 0.15) is 53.9 Å². The molecule has 2 N–H and O–H groups in total. The van der Waals surface area contributed by atoms with Gasteiger partial charge in [0, 0.05) is 0 Å². The number of carbonyl (C=O) groups is 2. The van der Waals surface area contributed by atoms with Crippen LogP contribution in [0.15, 0.2) is 12.2 Å². The van der Waals surface area contributed by atoms with Gasteiger partial charge in [-0.2, -0.15) is 0 Å². The van der Waals surface area contributed by atoms with Gasteiger partial charge in [-0.05, 0) is 46.0 Å².